The molecule has 2 heteroatoms. The van der Waals surface area contributed by atoms with E-state index in [-0.39, 0.29) is 11.5 Å². The van der Waals surface area contributed by atoms with Gasteiger partial charge in [0.15, 0.2) is 0 Å². The molecule has 0 amide bonds. The second-order valence-corrected chi connectivity index (χ2v) is 5.61. The molecule has 16 heavy (non-hydrogen) atoms. The van der Waals surface area contributed by atoms with Gasteiger partial charge in [0, 0.05) is 18.4 Å². The highest BCUT2D eigenvalue weighted by Gasteiger charge is 2.54. The van der Waals surface area contributed by atoms with Gasteiger partial charge in [-0.05, 0) is 19.3 Å². The molecule has 2 fully saturated rings. The Hall–Kier alpha value is -0.0800. The van der Waals surface area contributed by atoms with Crippen molar-refractivity contribution in [1.82, 2.24) is 0 Å². The molecule has 94 valence electrons. The van der Waals surface area contributed by atoms with Crippen LogP contribution >= 0.6 is 0 Å². The molecular formula is C14H26O2. The molecule has 2 saturated carbocycles. The van der Waals surface area contributed by atoms with Gasteiger partial charge in [0.05, 0.1) is 12.2 Å². The summed E-state index contributed by atoms with van der Waals surface area (Å²) in [5.41, 5.74) is 0.143. The predicted molar refractivity (Wildman–Crippen MR) is 65.4 cm³/mol. The molecule has 0 saturated heterocycles. The van der Waals surface area contributed by atoms with Crippen molar-refractivity contribution in [3.63, 3.8) is 0 Å². The maximum Gasteiger partial charge on any atom is 0.0680 e. The second kappa shape index (κ2) is 5.50. The lowest BCUT2D eigenvalue weighted by Gasteiger charge is -2.53. The van der Waals surface area contributed by atoms with Crippen LogP contribution in [0.25, 0.3) is 0 Å². The monoisotopic (exact) mass is 226 g/mol. The van der Waals surface area contributed by atoms with Crippen LogP contribution in [-0.2, 0) is 4.74 Å². The van der Waals surface area contributed by atoms with Crippen LogP contribution in [0.2, 0.25) is 0 Å². The van der Waals surface area contributed by atoms with E-state index in [1.54, 1.807) is 0 Å². The fourth-order valence-electron chi connectivity index (χ4n) is 3.37. The molecular weight excluding hydrogens is 200 g/mol. The SMILES string of the molecule is CCCCOC1CC(O)C12CCCCCC2. The lowest BCUT2D eigenvalue weighted by atomic mass is 9.59. The van der Waals surface area contributed by atoms with Crippen LogP contribution in [0, 0.1) is 5.41 Å². The second-order valence-electron chi connectivity index (χ2n) is 5.61. The number of ether oxygens (including phenoxy) is 1. The van der Waals surface area contributed by atoms with Gasteiger partial charge in [-0.2, -0.15) is 0 Å². The van der Waals surface area contributed by atoms with E-state index in [4.69, 9.17) is 4.74 Å². The Bertz CT molecular complexity index is 207. The van der Waals surface area contributed by atoms with Gasteiger partial charge >= 0.3 is 0 Å². The molecule has 0 radical (unpaired) electrons. The first-order valence-electron chi connectivity index (χ1n) is 7.09. The highest BCUT2D eigenvalue weighted by atomic mass is 16.5. The van der Waals surface area contributed by atoms with E-state index in [2.05, 4.69) is 6.92 Å². The average molecular weight is 226 g/mol. The molecule has 0 heterocycles. The lowest BCUT2D eigenvalue weighted by Crippen LogP contribution is -2.58. The van der Waals surface area contributed by atoms with E-state index < -0.39 is 0 Å². The zero-order chi connectivity index (χ0) is 11.4. The molecule has 0 aromatic carbocycles. The van der Waals surface area contributed by atoms with Crippen LogP contribution in [0.5, 0.6) is 0 Å². The van der Waals surface area contributed by atoms with Crippen molar-refractivity contribution in [3.05, 3.63) is 0 Å². The summed E-state index contributed by atoms with van der Waals surface area (Å²) in [6, 6.07) is 0. The van der Waals surface area contributed by atoms with Gasteiger partial charge in [-0.3, -0.25) is 0 Å². The number of rotatable bonds is 4. The first-order valence-corrected chi connectivity index (χ1v) is 7.09. The molecule has 0 aromatic heterocycles. The Balaban J connectivity index is 1.88. The van der Waals surface area contributed by atoms with Gasteiger partial charge in [0.2, 0.25) is 0 Å². The summed E-state index contributed by atoms with van der Waals surface area (Å²) < 4.78 is 5.98. The Kier molecular flexibility index (Phi) is 4.26. The zero-order valence-electron chi connectivity index (χ0n) is 10.6. The summed E-state index contributed by atoms with van der Waals surface area (Å²) in [7, 11) is 0. The largest absolute Gasteiger partial charge is 0.392 e. The van der Waals surface area contributed by atoms with Gasteiger partial charge in [0.1, 0.15) is 0 Å². The highest BCUT2D eigenvalue weighted by Crippen LogP contribution is 2.52. The Morgan fingerprint density at radius 1 is 1.19 bits per heavy atom. The maximum atomic E-state index is 10.1. The third-order valence-corrected chi connectivity index (χ3v) is 4.59. The minimum Gasteiger partial charge on any atom is -0.392 e. The van der Waals surface area contributed by atoms with E-state index >= 15 is 0 Å². The van der Waals surface area contributed by atoms with E-state index in [0.29, 0.717) is 6.10 Å². The van der Waals surface area contributed by atoms with Gasteiger partial charge in [-0.1, -0.05) is 39.0 Å². The van der Waals surface area contributed by atoms with Crippen molar-refractivity contribution in [2.24, 2.45) is 5.41 Å². The lowest BCUT2D eigenvalue weighted by molar-refractivity contribution is -0.199. The van der Waals surface area contributed by atoms with Crippen LogP contribution in [0.3, 0.4) is 0 Å². The Morgan fingerprint density at radius 2 is 1.88 bits per heavy atom. The molecule has 0 aliphatic heterocycles. The summed E-state index contributed by atoms with van der Waals surface area (Å²) in [4.78, 5) is 0. The maximum absolute atomic E-state index is 10.1. The summed E-state index contributed by atoms with van der Waals surface area (Å²) in [5.74, 6) is 0. The Morgan fingerprint density at radius 3 is 2.44 bits per heavy atom. The third-order valence-electron chi connectivity index (χ3n) is 4.59. The van der Waals surface area contributed by atoms with E-state index in [9.17, 15) is 5.11 Å². The fourth-order valence-corrected chi connectivity index (χ4v) is 3.37. The molecule has 1 spiro atoms. The number of aliphatic hydroxyl groups excluding tert-OH is 1. The van der Waals surface area contributed by atoms with Crippen LogP contribution in [0.15, 0.2) is 0 Å². The quantitative estimate of drug-likeness (QED) is 0.745. The van der Waals surface area contributed by atoms with Gasteiger partial charge in [-0.25, -0.2) is 0 Å². The Labute approximate surface area is 99.4 Å². The topological polar surface area (TPSA) is 29.5 Å². The first kappa shape index (κ1) is 12.4. The van der Waals surface area contributed by atoms with Crippen LogP contribution in [-0.4, -0.2) is 23.9 Å². The van der Waals surface area contributed by atoms with E-state index in [1.807, 2.05) is 0 Å². The standard InChI is InChI=1S/C14H26O2/c1-2-3-10-16-13-11-12(15)14(13)8-6-4-5-7-9-14/h12-13,15H,2-11H2,1H3. The first-order chi connectivity index (χ1) is 7.79. The van der Waals surface area contributed by atoms with Crippen LogP contribution < -0.4 is 0 Å². The van der Waals surface area contributed by atoms with Crippen molar-refractivity contribution in [3.8, 4) is 0 Å². The molecule has 2 aliphatic rings. The number of hydrogen-bond acceptors (Lipinski definition) is 2. The molecule has 2 nitrogen and oxygen atoms in total. The van der Waals surface area contributed by atoms with Crippen molar-refractivity contribution in [2.45, 2.75) is 76.9 Å². The van der Waals surface area contributed by atoms with E-state index in [1.165, 1.54) is 44.9 Å². The third kappa shape index (κ3) is 2.28. The summed E-state index contributed by atoms with van der Waals surface area (Å²) in [6.45, 7) is 3.08. The minimum atomic E-state index is -0.0859. The van der Waals surface area contributed by atoms with Crippen LogP contribution in [0.4, 0.5) is 0 Å². The van der Waals surface area contributed by atoms with Gasteiger partial charge < -0.3 is 9.84 Å². The molecule has 0 bridgehead atoms. The van der Waals surface area contributed by atoms with Crippen molar-refractivity contribution in [1.29, 1.82) is 0 Å². The molecule has 0 aromatic rings. The zero-order valence-corrected chi connectivity index (χ0v) is 10.6. The van der Waals surface area contributed by atoms with Gasteiger partial charge in [-0.15, -0.1) is 0 Å². The highest BCUT2D eigenvalue weighted by molar-refractivity contribution is 5.04. The molecule has 2 atom stereocenters. The minimum absolute atomic E-state index is 0.0859. The summed E-state index contributed by atoms with van der Waals surface area (Å²) in [6.07, 6.45) is 11.1. The van der Waals surface area contributed by atoms with Crippen LogP contribution in [0.1, 0.15) is 64.7 Å². The summed E-state index contributed by atoms with van der Waals surface area (Å²) in [5, 5.41) is 10.1. The average Bonchev–Trinajstić information content (AvgIpc) is 2.55. The van der Waals surface area contributed by atoms with Crippen molar-refractivity contribution in [2.75, 3.05) is 6.61 Å². The molecule has 2 aliphatic carbocycles. The van der Waals surface area contributed by atoms with Crippen molar-refractivity contribution < 1.29 is 9.84 Å². The number of unbranched alkanes of at least 4 members (excludes halogenated alkanes) is 1. The molecule has 2 unspecified atom stereocenters. The normalized spacial score (nSPS) is 33.4. The molecule has 2 rings (SSSR count). The number of hydrogen-bond donors (Lipinski definition) is 1. The van der Waals surface area contributed by atoms with E-state index in [0.717, 1.165) is 19.4 Å². The fraction of sp³-hybridized carbons (Fsp3) is 1.00. The smallest absolute Gasteiger partial charge is 0.0680 e. The van der Waals surface area contributed by atoms with Gasteiger partial charge in [0.25, 0.3) is 0 Å². The predicted octanol–water partition coefficient (Wildman–Crippen LogP) is 3.28. The van der Waals surface area contributed by atoms with Crippen molar-refractivity contribution >= 4 is 0 Å². The molecule has 1 N–H and O–H groups in total. The number of aliphatic hydroxyl groups is 1. The summed E-state index contributed by atoms with van der Waals surface area (Å²) >= 11 is 0.